The van der Waals surface area contributed by atoms with Crippen LogP contribution in [0, 0.1) is 0 Å². The number of benzene rings is 2. The number of fused-ring (bicyclic) bond motifs is 1. The predicted molar refractivity (Wildman–Crippen MR) is 128 cm³/mol. The van der Waals surface area contributed by atoms with Gasteiger partial charge in [0.2, 0.25) is 5.91 Å². The Morgan fingerprint density at radius 1 is 0.839 bits per heavy atom. The predicted octanol–water partition coefficient (Wildman–Crippen LogP) is 6.83. The number of nitrogens with one attached hydrogen (secondary N) is 1. The minimum atomic E-state index is -4.56. The zero-order valence-electron chi connectivity index (χ0n) is 18.8. The van der Waals surface area contributed by atoms with Crippen LogP contribution in [-0.2, 0) is 9.36 Å². The van der Waals surface area contributed by atoms with Gasteiger partial charge < -0.3 is 15.1 Å². The zero-order valence-corrected chi connectivity index (χ0v) is 19.7. The van der Waals surface area contributed by atoms with Crippen LogP contribution >= 0.6 is 7.60 Å². The van der Waals surface area contributed by atoms with Crippen LogP contribution in [0.2, 0.25) is 0 Å². The molecule has 31 heavy (non-hydrogen) atoms. The molecule has 0 bridgehead atoms. The van der Waals surface area contributed by atoms with Crippen LogP contribution in [0.5, 0.6) is 0 Å². The van der Waals surface area contributed by atoms with E-state index in [1.165, 1.54) is 51.4 Å². The molecule has 6 heteroatoms. The lowest BCUT2D eigenvalue weighted by molar-refractivity contribution is -0.121. The first-order chi connectivity index (χ1) is 14.9. The van der Waals surface area contributed by atoms with Gasteiger partial charge in [0.05, 0.1) is 0 Å². The van der Waals surface area contributed by atoms with Crippen LogP contribution in [0.25, 0.3) is 10.8 Å². The lowest BCUT2D eigenvalue weighted by atomic mass is 10.0. The molecule has 0 heterocycles. The van der Waals surface area contributed by atoms with E-state index in [0.717, 1.165) is 30.0 Å². The van der Waals surface area contributed by atoms with Crippen molar-refractivity contribution < 1.29 is 19.1 Å². The molecule has 0 saturated carbocycles. The molecule has 3 N–H and O–H groups in total. The van der Waals surface area contributed by atoms with Gasteiger partial charge in [0, 0.05) is 6.42 Å². The Labute approximate surface area is 186 Å². The van der Waals surface area contributed by atoms with E-state index in [0.29, 0.717) is 5.56 Å². The lowest BCUT2D eigenvalue weighted by Gasteiger charge is -2.22. The van der Waals surface area contributed by atoms with Crippen molar-refractivity contribution in [2.45, 2.75) is 89.8 Å². The van der Waals surface area contributed by atoms with Gasteiger partial charge in [-0.1, -0.05) is 114 Å². The second kappa shape index (κ2) is 13.7. The number of rotatable bonds is 15. The Bertz CT molecular complexity index is 843. The smallest absolute Gasteiger partial charge is 0.338 e. The van der Waals surface area contributed by atoms with E-state index < -0.39 is 13.4 Å². The second-order valence-corrected chi connectivity index (χ2v) is 10.1. The van der Waals surface area contributed by atoms with Crippen molar-refractivity contribution in [3.63, 3.8) is 0 Å². The molecule has 2 aromatic rings. The summed E-state index contributed by atoms with van der Waals surface area (Å²) in [5, 5.41) is 4.23. The largest absolute Gasteiger partial charge is 0.352 e. The van der Waals surface area contributed by atoms with Crippen molar-refractivity contribution in [1.82, 2.24) is 5.32 Å². The van der Waals surface area contributed by atoms with E-state index >= 15 is 0 Å². The highest BCUT2D eigenvalue weighted by Gasteiger charge is 2.32. The number of hydrogen-bond acceptors (Lipinski definition) is 2. The van der Waals surface area contributed by atoms with Gasteiger partial charge in [-0.3, -0.25) is 9.36 Å². The van der Waals surface area contributed by atoms with E-state index in [4.69, 9.17) is 0 Å². The third kappa shape index (κ3) is 9.14. The molecular formula is C25H38NO4P. The fourth-order valence-electron chi connectivity index (χ4n) is 4.01. The molecule has 1 atom stereocenters. The summed E-state index contributed by atoms with van der Waals surface area (Å²) in [7, 11) is -4.56. The SMILES string of the molecule is CCCCCCCCCCCCCC(=O)NC(c1cccc2ccccc12)P(=O)(O)O. The van der Waals surface area contributed by atoms with Crippen molar-refractivity contribution in [2.75, 3.05) is 0 Å². The summed E-state index contributed by atoms with van der Waals surface area (Å²) in [6.07, 6.45) is 13.5. The lowest BCUT2D eigenvalue weighted by Crippen LogP contribution is -2.28. The van der Waals surface area contributed by atoms with Crippen molar-refractivity contribution >= 4 is 24.3 Å². The zero-order chi connectivity index (χ0) is 22.5. The van der Waals surface area contributed by atoms with Crippen molar-refractivity contribution in [1.29, 1.82) is 0 Å². The molecule has 0 saturated heterocycles. The van der Waals surface area contributed by atoms with E-state index in [-0.39, 0.29) is 12.3 Å². The molecule has 1 amide bonds. The number of carbonyl (C=O) groups is 1. The highest BCUT2D eigenvalue weighted by molar-refractivity contribution is 7.52. The molecule has 0 radical (unpaired) electrons. The number of hydrogen-bond donors (Lipinski definition) is 3. The van der Waals surface area contributed by atoms with E-state index in [2.05, 4.69) is 12.2 Å². The van der Waals surface area contributed by atoms with E-state index in [1.807, 2.05) is 30.3 Å². The Morgan fingerprint density at radius 2 is 1.39 bits per heavy atom. The second-order valence-electron chi connectivity index (χ2n) is 8.41. The summed E-state index contributed by atoms with van der Waals surface area (Å²) >= 11 is 0. The molecule has 0 aliphatic heterocycles. The molecule has 0 fully saturated rings. The fourth-order valence-corrected chi connectivity index (χ4v) is 4.91. The molecule has 5 nitrogen and oxygen atoms in total. The standard InChI is InChI=1S/C25H38NO4P/c1-2-3-4-5-6-7-8-9-10-11-12-20-24(27)26-25(31(28,29)30)23-19-15-17-21-16-13-14-18-22(21)23/h13-19,25H,2-12,20H2,1H3,(H,26,27)(H2,28,29,30). The van der Waals surface area contributed by atoms with Crippen LogP contribution in [0.1, 0.15) is 95.3 Å². The van der Waals surface area contributed by atoms with Crippen LogP contribution in [0.15, 0.2) is 42.5 Å². The summed E-state index contributed by atoms with van der Waals surface area (Å²) in [6, 6.07) is 12.7. The van der Waals surface area contributed by atoms with Crippen molar-refractivity contribution in [3.8, 4) is 0 Å². The maximum absolute atomic E-state index is 12.4. The average molecular weight is 448 g/mol. The summed E-state index contributed by atoms with van der Waals surface area (Å²) in [6.45, 7) is 2.23. The van der Waals surface area contributed by atoms with Crippen LogP contribution in [0.4, 0.5) is 0 Å². The maximum Gasteiger partial charge on any atom is 0.352 e. The summed E-state index contributed by atoms with van der Waals surface area (Å²) in [5.41, 5.74) is 0.457. The van der Waals surface area contributed by atoms with Gasteiger partial charge in [-0.2, -0.15) is 0 Å². The first-order valence-electron chi connectivity index (χ1n) is 11.8. The van der Waals surface area contributed by atoms with Crippen LogP contribution in [-0.4, -0.2) is 15.7 Å². The Hall–Kier alpha value is -1.68. The van der Waals surface area contributed by atoms with Crippen LogP contribution in [0.3, 0.4) is 0 Å². The van der Waals surface area contributed by atoms with Gasteiger partial charge >= 0.3 is 7.60 Å². The van der Waals surface area contributed by atoms with Gasteiger partial charge in [0.1, 0.15) is 0 Å². The fraction of sp³-hybridized carbons (Fsp3) is 0.560. The van der Waals surface area contributed by atoms with E-state index in [9.17, 15) is 19.1 Å². The quantitative estimate of drug-likeness (QED) is 0.206. The molecule has 172 valence electrons. The van der Waals surface area contributed by atoms with Gasteiger partial charge in [-0.05, 0) is 22.8 Å². The number of amides is 1. The van der Waals surface area contributed by atoms with Gasteiger partial charge in [-0.15, -0.1) is 0 Å². The molecule has 1 unspecified atom stereocenters. The highest BCUT2D eigenvalue weighted by atomic mass is 31.2. The Morgan fingerprint density at radius 3 is 2.00 bits per heavy atom. The highest BCUT2D eigenvalue weighted by Crippen LogP contribution is 2.51. The van der Waals surface area contributed by atoms with Gasteiger partial charge in [-0.25, -0.2) is 0 Å². The van der Waals surface area contributed by atoms with Crippen LogP contribution < -0.4 is 5.32 Å². The molecular weight excluding hydrogens is 409 g/mol. The van der Waals surface area contributed by atoms with Crippen molar-refractivity contribution in [2.24, 2.45) is 0 Å². The average Bonchev–Trinajstić information content (AvgIpc) is 2.75. The Balaban J connectivity index is 1.76. The molecule has 0 spiro atoms. The maximum atomic E-state index is 12.4. The third-order valence-corrected chi connectivity index (χ3v) is 6.84. The third-order valence-electron chi connectivity index (χ3n) is 5.76. The topological polar surface area (TPSA) is 86.6 Å². The molecule has 0 aliphatic carbocycles. The summed E-state index contributed by atoms with van der Waals surface area (Å²) < 4.78 is 12.2. The number of unbranched alkanes of at least 4 members (excludes halogenated alkanes) is 10. The molecule has 0 aromatic heterocycles. The monoisotopic (exact) mass is 447 g/mol. The van der Waals surface area contributed by atoms with Gasteiger partial charge in [0.15, 0.2) is 5.78 Å². The minimum Gasteiger partial charge on any atom is -0.338 e. The van der Waals surface area contributed by atoms with E-state index in [1.54, 1.807) is 12.1 Å². The normalized spacial score (nSPS) is 12.7. The first-order valence-corrected chi connectivity index (χ1v) is 13.4. The molecule has 2 rings (SSSR count). The Kier molecular flexibility index (Phi) is 11.3. The minimum absolute atomic E-state index is 0.290. The molecule has 0 aliphatic rings. The number of carbonyl (C=O) groups excluding carboxylic acids is 1. The van der Waals surface area contributed by atoms with Crippen molar-refractivity contribution in [3.05, 3.63) is 48.0 Å². The van der Waals surface area contributed by atoms with Gasteiger partial charge in [0.25, 0.3) is 0 Å². The summed E-state index contributed by atoms with van der Waals surface area (Å²) in [5.74, 6) is -1.63. The molecule has 2 aromatic carbocycles. The first kappa shape index (κ1) is 25.6. The summed E-state index contributed by atoms with van der Waals surface area (Å²) in [4.78, 5) is 32.2.